The lowest BCUT2D eigenvalue weighted by Gasteiger charge is -2.23. The maximum atomic E-state index is 6.51. The molecule has 0 amide bonds. The average molecular weight is 332 g/mol. The molecule has 0 aromatic heterocycles. The van der Waals surface area contributed by atoms with Gasteiger partial charge in [0.25, 0.3) is 0 Å². The zero-order valence-electron chi connectivity index (χ0n) is 11.3. The van der Waals surface area contributed by atoms with Gasteiger partial charge in [0.2, 0.25) is 0 Å². The molecule has 2 aromatic rings. The molecule has 3 rings (SSSR count). The minimum Gasteiger partial charge on any atom is -0.494 e. The molecule has 0 unspecified atom stereocenters. The fourth-order valence-electron chi connectivity index (χ4n) is 2.80. The van der Waals surface area contributed by atoms with Gasteiger partial charge in [-0.2, -0.15) is 0 Å². The van der Waals surface area contributed by atoms with Crippen molar-refractivity contribution in [3.63, 3.8) is 0 Å². The van der Waals surface area contributed by atoms with E-state index in [1.807, 2.05) is 24.3 Å². The summed E-state index contributed by atoms with van der Waals surface area (Å²) in [4.78, 5) is 0. The highest BCUT2D eigenvalue weighted by Gasteiger charge is 2.32. The Bertz CT molecular complexity index is 569. The number of nitrogens with two attached hydrogens (primary N) is 1. The van der Waals surface area contributed by atoms with Crippen LogP contribution in [-0.4, -0.2) is 12.1 Å². The zero-order chi connectivity index (χ0) is 14.0. The van der Waals surface area contributed by atoms with Crippen molar-refractivity contribution in [3.8, 4) is 5.75 Å². The summed E-state index contributed by atoms with van der Waals surface area (Å²) in [5, 5.41) is 0. The summed E-state index contributed by atoms with van der Waals surface area (Å²) >= 11 is 3.42. The molecule has 2 nitrogen and oxygen atoms in total. The maximum Gasteiger partial charge on any atom is 0.119 e. The van der Waals surface area contributed by atoms with Crippen molar-refractivity contribution >= 4 is 15.9 Å². The second-order valence-corrected chi connectivity index (χ2v) is 6.45. The van der Waals surface area contributed by atoms with Gasteiger partial charge in [-0.15, -0.1) is 0 Å². The number of hydrogen-bond donors (Lipinski definition) is 1. The summed E-state index contributed by atoms with van der Waals surface area (Å²) in [6.45, 7) is 0.659. The molecule has 0 radical (unpaired) electrons. The van der Waals surface area contributed by atoms with E-state index in [2.05, 4.69) is 40.2 Å². The predicted molar refractivity (Wildman–Crippen MR) is 85.0 cm³/mol. The van der Waals surface area contributed by atoms with Crippen LogP contribution in [0.5, 0.6) is 5.75 Å². The third kappa shape index (κ3) is 3.05. The molecule has 0 fully saturated rings. The van der Waals surface area contributed by atoms with Crippen LogP contribution < -0.4 is 10.5 Å². The Balaban J connectivity index is 1.56. The van der Waals surface area contributed by atoms with E-state index >= 15 is 0 Å². The molecule has 0 spiro atoms. The fourth-order valence-corrected chi connectivity index (χ4v) is 3.07. The molecule has 0 aliphatic heterocycles. The van der Waals surface area contributed by atoms with Crippen molar-refractivity contribution in [1.29, 1.82) is 0 Å². The van der Waals surface area contributed by atoms with E-state index in [-0.39, 0.29) is 5.54 Å². The van der Waals surface area contributed by atoms with Crippen LogP contribution in [0.15, 0.2) is 53.0 Å². The molecule has 104 valence electrons. The van der Waals surface area contributed by atoms with E-state index < -0.39 is 0 Å². The first-order chi connectivity index (χ1) is 9.65. The molecule has 0 saturated carbocycles. The maximum absolute atomic E-state index is 6.51. The van der Waals surface area contributed by atoms with Gasteiger partial charge in [-0.25, -0.2) is 0 Å². The Labute approximate surface area is 128 Å². The Morgan fingerprint density at radius 3 is 2.20 bits per heavy atom. The monoisotopic (exact) mass is 331 g/mol. The summed E-state index contributed by atoms with van der Waals surface area (Å²) in [7, 11) is 0. The molecule has 0 bridgehead atoms. The van der Waals surface area contributed by atoms with Crippen LogP contribution in [0.25, 0.3) is 0 Å². The molecular weight excluding hydrogens is 314 g/mol. The topological polar surface area (TPSA) is 35.2 Å². The molecule has 2 aromatic carbocycles. The quantitative estimate of drug-likeness (QED) is 0.926. The van der Waals surface area contributed by atoms with Crippen molar-refractivity contribution in [3.05, 3.63) is 64.1 Å². The van der Waals surface area contributed by atoms with E-state index in [0.29, 0.717) is 6.61 Å². The van der Waals surface area contributed by atoms with Crippen LogP contribution >= 0.6 is 15.9 Å². The highest BCUT2D eigenvalue weighted by molar-refractivity contribution is 9.10. The molecule has 0 heterocycles. The second-order valence-electron chi connectivity index (χ2n) is 5.54. The van der Waals surface area contributed by atoms with Crippen molar-refractivity contribution in [2.24, 2.45) is 5.73 Å². The van der Waals surface area contributed by atoms with Crippen LogP contribution in [0.4, 0.5) is 0 Å². The first kappa shape index (κ1) is 13.7. The highest BCUT2D eigenvalue weighted by Crippen LogP contribution is 2.30. The molecular formula is C17H18BrNO. The van der Waals surface area contributed by atoms with Gasteiger partial charge in [-0.3, -0.25) is 0 Å². The molecule has 0 saturated heterocycles. The lowest BCUT2D eigenvalue weighted by molar-refractivity contribution is 0.260. The molecule has 3 heteroatoms. The number of hydrogen-bond acceptors (Lipinski definition) is 2. The third-order valence-corrected chi connectivity index (χ3v) is 4.41. The minimum absolute atomic E-state index is 0.154. The number of benzene rings is 2. The first-order valence-corrected chi connectivity index (χ1v) is 7.68. The van der Waals surface area contributed by atoms with Gasteiger partial charge < -0.3 is 10.5 Å². The van der Waals surface area contributed by atoms with E-state index in [1.165, 1.54) is 11.1 Å². The highest BCUT2D eigenvalue weighted by atomic mass is 79.9. The lowest BCUT2D eigenvalue weighted by atomic mass is 9.93. The van der Waals surface area contributed by atoms with Crippen LogP contribution in [0.1, 0.15) is 17.5 Å². The smallest absolute Gasteiger partial charge is 0.119 e. The SMILES string of the molecule is NC1(CCOc2ccc(Br)cc2)Cc2ccccc2C1. The van der Waals surface area contributed by atoms with E-state index in [0.717, 1.165) is 29.5 Å². The summed E-state index contributed by atoms with van der Waals surface area (Å²) in [5.74, 6) is 0.896. The van der Waals surface area contributed by atoms with Crippen LogP contribution in [0, 0.1) is 0 Å². The Morgan fingerprint density at radius 1 is 1.00 bits per heavy atom. The van der Waals surface area contributed by atoms with E-state index in [9.17, 15) is 0 Å². The molecule has 0 atom stereocenters. The second kappa shape index (κ2) is 5.58. The zero-order valence-corrected chi connectivity index (χ0v) is 12.9. The average Bonchev–Trinajstić information content (AvgIpc) is 2.77. The summed E-state index contributed by atoms with van der Waals surface area (Å²) in [6, 6.07) is 16.4. The van der Waals surface area contributed by atoms with Crippen LogP contribution in [0.2, 0.25) is 0 Å². The van der Waals surface area contributed by atoms with Gasteiger partial charge in [0.1, 0.15) is 5.75 Å². The van der Waals surface area contributed by atoms with Gasteiger partial charge in [0, 0.05) is 16.4 Å². The van der Waals surface area contributed by atoms with Gasteiger partial charge in [-0.05, 0) is 48.2 Å². The number of rotatable bonds is 4. The van der Waals surface area contributed by atoms with Crippen molar-refractivity contribution in [2.75, 3.05) is 6.61 Å². The standard InChI is InChI=1S/C17H18BrNO/c18-15-5-7-16(8-6-15)20-10-9-17(19)11-13-3-1-2-4-14(13)12-17/h1-8H,9-12,19H2. The van der Waals surface area contributed by atoms with Gasteiger partial charge in [0.05, 0.1) is 6.61 Å². The largest absolute Gasteiger partial charge is 0.494 e. The summed E-state index contributed by atoms with van der Waals surface area (Å²) in [5.41, 5.74) is 9.13. The first-order valence-electron chi connectivity index (χ1n) is 6.89. The normalized spacial score (nSPS) is 15.9. The Morgan fingerprint density at radius 2 is 1.60 bits per heavy atom. The third-order valence-electron chi connectivity index (χ3n) is 3.89. The molecule has 1 aliphatic rings. The van der Waals surface area contributed by atoms with Crippen molar-refractivity contribution in [1.82, 2.24) is 0 Å². The van der Waals surface area contributed by atoms with Crippen molar-refractivity contribution < 1.29 is 4.74 Å². The van der Waals surface area contributed by atoms with Gasteiger partial charge >= 0.3 is 0 Å². The van der Waals surface area contributed by atoms with Gasteiger partial charge in [0.15, 0.2) is 0 Å². The van der Waals surface area contributed by atoms with Crippen molar-refractivity contribution in [2.45, 2.75) is 24.8 Å². The van der Waals surface area contributed by atoms with Gasteiger partial charge in [-0.1, -0.05) is 40.2 Å². The Hall–Kier alpha value is -1.32. The number of fused-ring (bicyclic) bond motifs is 1. The van der Waals surface area contributed by atoms with Crippen LogP contribution in [0.3, 0.4) is 0 Å². The van der Waals surface area contributed by atoms with E-state index in [1.54, 1.807) is 0 Å². The minimum atomic E-state index is -0.154. The lowest BCUT2D eigenvalue weighted by Crippen LogP contribution is -2.42. The van der Waals surface area contributed by atoms with E-state index in [4.69, 9.17) is 10.5 Å². The molecule has 1 aliphatic carbocycles. The Kier molecular flexibility index (Phi) is 3.81. The fraction of sp³-hybridized carbons (Fsp3) is 0.294. The molecule has 20 heavy (non-hydrogen) atoms. The number of ether oxygens (including phenoxy) is 1. The summed E-state index contributed by atoms with van der Waals surface area (Å²) in [6.07, 6.45) is 2.78. The van der Waals surface area contributed by atoms with Crippen LogP contribution in [-0.2, 0) is 12.8 Å². The predicted octanol–water partition coefficient (Wildman–Crippen LogP) is 3.71. The molecule has 2 N–H and O–H groups in total. The summed E-state index contributed by atoms with van der Waals surface area (Å²) < 4.78 is 6.85. The number of halogens is 1.